The molecule has 104 valence electrons. The summed E-state index contributed by atoms with van der Waals surface area (Å²) in [5.74, 6) is 0.892. The molecule has 2 aromatic rings. The molecule has 0 aromatic heterocycles. The average Bonchev–Trinajstić information content (AvgIpc) is 2.53. The molecule has 2 aromatic carbocycles. The van der Waals surface area contributed by atoms with Crippen LogP contribution in [0.4, 0.5) is 0 Å². The van der Waals surface area contributed by atoms with Crippen molar-refractivity contribution in [2.24, 2.45) is 0 Å². The van der Waals surface area contributed by atoms with E-state index in [0.717, 1.165) is 29.7 Å². The van der Waals surface area contributed by atoms with Crippen molar-refractivity contribution in [1.82, 2.24) is 0 Å². The quantitative estimate of drug-likeness (QED) is 0.723. The number of Topliss-reactive ketones (excluding diaryl/α,β-unsaturated/α-hetero) is 1. The van der Waals surface area contributed by atoms with Crippen LogP contribution in [0.15, 0.2) is 54.6 Å². The molecule has 0 N–H and O–H groups in total. The first-order valence-corrected chi connectivity index (χ1v) is 6.99. The summed E-state index contributed by atoms with van der Waals surface area (Å²) < 4.78 is 5.13. The van der Waals surface area contributed by atoms with E-state index in [0.29, 0.717) is 0 Å². The lowest BCUT2D eigenvalue weighted by Crippen LogP contribution is -2.13. The summed E-state index contributed by atoms with van der Waals surface area (Å²) in [6, 6.07) is 17.4. The van der Waals surface area contributed by atoms with Crippen molar-refractivity contribution in [1.29, 1.82) is 0 Å². The van der Waals surface area contributed by atoms with E-state index in [-0.39, 0.29) is 11.7 Å². The van der Waals surface area contributed by atoms with Gasteiger partial charge in [0, 0.05) is 11.5 Å². The van der Waals surface area contributed by atoms with E-state index in [1.807, 2.05) is 54.6 Å². The molecule has 0 aliphatic carbocycles. The van der Waals surface area contributed by atoms with Gasteiger partial charge in [0.05, 0.1) is 7.11 Å². The van der Waals surface area contributed by atoms with Gasteiger partial charge in [-0.25, -0.2) is 0 Å². The van der Waals surface area contributed by atoms with Crippen LogP contribution >= 0.6 is 0 Å². The lowest BCUT2D eigenvalue weighted by molar-refractivity contribution is 0.0954. The Morgan fingerprint density at radius 2 is 1.70 bits per heavy atom. The summed E-state index contributed by atoms with van der Waals surface area (Å²) in [6.45, 7) is 2.11. The maximum Gasteiger partial charge on any atom is 0.170 e. The molecule has 1 atom stereocenters. The monoisotopic (exact) mass is 268 g/mol. The fourth-order valence-electron chi connectivity index (χ4n) is 2.38. The highest BCUT2D eigenvalue weighted by Crippen LogP contribution is 2.26. The van der Waals surface area contributed by atoms with E-state index in [1.165, 1.54) is 0 Å². The first-order chi connectivity index (χ1) is 9.76. The highest BCUT2D eigenvalue weighted by atomic mass is 16.5. The van der Waals surface area contributed by atoms with E-state index in [2.05, 4.69) is 6.92 Å². The minimum atomic E-state index is -0.0606. The van der Waals surface area contributed by atoms with Crippen molar-refractivity contribution >= 4 is 5.78 Å². The minimum Gasteiger partial charge on any atom is -0.497 e. The Morgan fingerprint density at radius 1 is 1.05 bits per heavy atom. The molecule has 20 heavy (non-hydrogen) atoms. The number of ether oxygens (including phenoxy) is 1. The molecule has 0 aliphatic heterocycles. The Balaban J connectivity index is 2.26. The zero-order valence-electron chi connectivity index (χ0n) is 12.0. The van der Waals surface area contributed by atoms with E-state index >= 15 is 0 Å². The van der Waals surface area contributed by atoms with Crippen molar-refractivity contribution in [3.63, 3.8) is 0 Å². The summed E-state index contributed by atoms with van der Waals surface area (Å²) in [7, 11) is 1.63. The van der Waals surface area contributed by atoms with Gasteiger partial charge >= 0.3 is 0 Å². The van der Waals surface area contributed by atoms with Crippen molar-refractivity contribution in [2.75, 3.05) is 7.11 Å². The Morgan fingerprint density at radius 3 is 2.25 bits per heavy atom. The van der Waals surface area contributed by atoms with Gasteiger partial charge in [-0.15, -0.1) is 0 Å². The van der Waals surface area contributed by atoms with Crippen LogP contribution in [0.25, 0.3) is 0 Å². The summed E-state index contributed by atoms with van der Waals surface area (Å²) in [4.78, 5) is 12.7. The van der Waals surface area contributed by atoms with Crippen LogP contribution in [-0.2, 0) is 0 Å². The average molecular weight is 268 g/mol. The van der Waals surface area contributed by atoms with Gasteiger partial charge in [-0.05, 0) is 36.2 Å². The Hall–Kier alpha value is -2.09. The predicted molar refractivity (Wildman–Crippen MR) is 81.4 cm³/mol. The minimum absolute atomic E-state index is 0.0606. The molecule has 0 heterocycles. The van der Waals surface area contributed by atoms with Crippen molar-refractivity contribution < 1.29 is 9.53 Å². The number of carbonyl (C=O) groups excluding carboxylic acids is 1. The number of hydrogen-bond donors (Lipinski definition) is 0. The number of methoxy groups -OCH3 is 1. The molecule has 0 unspecified atom stereocenters. The third-order valence-corrected chi connectivity index (χ3v) is 3.47. The van der Waals surface area contributed by atoms with Crippen LogP contribution in [0.1, 0.15) is 41.6 Å². The molecule has 0 aliphatic rings. The molecule has 0 radical (unpaired) electrons. The van der Waals surface area contributed by atoms with Crippen LogP contribution in [0.3, 0.4) is 0 Å². The van der Waals surface area contributed by atoms with Crippen LogP contribution in [0, 0.1) is 0 Å². The molecule has 2 nitrogen and oxygen atoms in total. The Bertz CT molecular complexity index is 543. The molecule has 0 bridgehead atoms. The van der Waals surface area contributed by atoms with Crippen LogP contribution in [-0.4, -0.2) is 12.9 Å². The van der Waals surface area contributed by atoms with Gasteiger partial charge < -0.3 is 4.74 Å². The molecule has 2 heteroatoms. The number of ketones is 1. The second-order valence-corrected chi connectivity index (χ2v) is 4.84. The normalized spacial score (nSPS) is 11.9. The maximum absolute atomic E-state index is 12.7. The highest BCUT2D eigenvalue weighted by molar-refractivity contribution is 6.01. The first kappa shape index (κ1) is 14.3. The van der Waals surface area contributed by atoms with Crippen LogP contribution in [0.2, 0.25) is 0 Å². The van der Waals surface area contributed by atoms with Crippen molar-refractivity contribution in [3.8, 4) is 5.75 Å². The Kier molecular flexibility index (Phi) is 4.94. The number of carbonyl (C=O) groups is 1. The number of benzene rings is 2. The SMILES string of the molecule is CCC[C@@H](C(=O)c1ccc(OC)cc1)c1ccccc1. The van der Waals surface area contributed by atoms with Gasteiger partial charge in [0.1, 0.15) is 5.75 Å². The summed E-state index contributed by atoms with van der Waals surface area (Å²) in [6.07, 6.45) is 1.86. The standard InChI is InChI=1S/C18H20O2/c1-3-7-17(14-8-5-4-6-9-14)18(19)15-10-12-16(20-2)13-11-15/h4-6,8-13,17H,3,7H2,1-2H3/t17-/m1/s1. The second kappa shape index (κ2) is 6.90. The van der Waals surface area contributed by atoms with E-state index in [1.54, 1.807) is 7.11 Å². The van der Waals surface area contributed by atoms with E-state index in [4.69, 9.17) is 4.74 Å². The maximum atomic E-state index is 12.7. The van der Waals surface area contributed by atoms with E-state index < -0.39 is 0 Å². The second-order valence-electron chi connectivity index (χ2n) is 4.84. The summed E-state index contributed by atoms with van der Waals surface area (Å²) in [5, 5.41) is 0. The number of hydrogen-bond acceptors (Lipinski definition) is 2. The Labute approximate surface area is 120 Å². The molecule has 2 rings (SSSR count). The summed E-state index contributed by atoms with van der Waals surface area (Å²) in [5.41, 5.74) is 1.84. The third-order valence-electron chi connectivity index (χ3n) is 3.47. The highest BCUT2D eigenvalue weighted by Gasteiger charge is 2.20. The third kappa shape index (κ3) is 3.27. The van der Waals surface area contributed by atoms with E-state index in [9.17, 15) is 4.79 Å². The lowest BCUT2D eigenvalue weighted by Gasteiger charge is -2.15. The van der Waals surface area contributed by atoms with Crippen molar-refractivity contribution in [3.05, 3.63) is 65.7 Å². The molecule has 0 saturated heterocycles. The largest absolute Gasteiger partial charge is 0.497 e. The van der Waals surface area contributed by atoms with Crippen molar-refractivity contribution in [2.45, 2.75) is 25.7 Å². The molecular formula is C18H20O2. The fourth-order valence-corrected chi connectivity index (χ4v) is 2.38. The zero-order chi connectivity index (χ0) is 14.4. The molecule has 0 spiro atoms. The van der Waals surface area contributed by atoms with Gasteiger partial charge in [-0.1, -0.05) is 43.7 Å². The van der Waals surface area contributed by atoms with Gasteiger partial charge in [-0.2, -0.15) is 0 Å². The smallest absolute Gasteiger partial charge is 0.170 e. The van der Waals surface area contributed by atoms with Gasteiger partial charge in [-0.3, -0.25) is 4.79 Å². The topological polar surface area (TPSA) is 26.3 Å². The lowest BCUT2D eigenvalue weighted by atomic mass is 9.87. The molecule has 0 amide bonds. The van der Waals surface area contributed by atoms with Crippen LogP contribution < -0.4 is 4.74 Å². The summed E-state index contributed by atoms with van der Waals surface area (Å²) >= 11 is 0. The molecular weight excluding hydrogens is 248 g/mol. The van der Waals surface area contributed by atoms with Crippen LogP contribution in [0.5, 0.6) is 5.75 Å². The zero-order valence-corrected chi connectivity index (χ0v) is 12.0. The van der Waals surface area contributed by atoms with Gasteiger partial charge in [0.2, 0.25) is 0 Å². The van der Waals surface area contributed by atoms with Gasteiger partial charge in [0.15, 0.2) is 5.78 Å². The number of rotatable bonds is 6. The molecule has 0 fully saturated rings. The molecule has 0 saturated carbocycles. The predicted octanol–water partition coefficient (Wildman–Crippen LogP) is 4.46. The fraction of sp³-hybridized carbons (Fsp3) is 0.278. The van der Waals surface area contributed by atoms with Gasteiger partial charge in [0.25, 0.3) is 0 Å². The first-order valence-electron chi connectivity index (χ1n) is 6.99.